The number of rotatable bonds is 7. The number of aryl methyl sites for hydroxylation is 1. The molecule has 4 heterocycles. The average Bonchev–Trinajstić information content (AvgIpc) is 3.60. The third-order valence-electron chi connectivity index (χ3n) is 7.28. The summed E-state index contributed by atoms with van der Waals surface area (Å²) in [5.74, 6) is 0.615. The highest BCUT2D eigenvalue weighted by Crippen LogP contribution is 2.36. The molecule has 1 saturated heterocycles. The topological polar surface area (TPSA) is 162 Å². The Morgan fingerprint density at radius 3 is 2.67 bits per heavy atom. The molecule has 4 amide bonds. The highest BCUT2D eigenvalue weighted by atomic mass is 16.5. The molecule has 2 aliphatic rings. The van der Waals surface area contributed by atoms with E-state index in [1.54, 1.807) is 30.3 Å². The number of fused-ring (bicyclic) bond motifs is 1. The third-order valence-corrected chi connectivity index (χ3v) is 7.28. The molecule has 12 nitrogen and oxygen atoms in total. The number of nitrogens with one attached hydrogen (secondary N) is 6. The van der Waals surface area contributed by atoms with Crippen molar-refractivity contribution in [3.63, 3.8) is 0 Å². The van der Waals surface area contributed by atoms with Crippen molar-refractivity contribution in [2.75, 3.05) is 41.0 Å². The van der Waals surface area contributed by atoms with Crippen LogP contribution in [0.15, 0.2) is 28.8 Å². The minimum atomic E-state index is -0.487. The molecule has 6 N–H and O–H groups in total. The number of amides is 4. The Bertz CT molecular complexity index is 1540. The smallest absolute Gasteiger partial charge is 0.324 e. The van der Waals surface area contributed by atoms with Crippen molar-refractivity contribution in [3.8, 4) is 0 Å². The summed E-state index contributed by atoms with van der Waals surface area (Å²) in [5, 5.41) is 18.5. The number of aromatic amines is 1. The maximum absolute atomic E-state index is 12.9. The molecule has 1 unspecified atom stereocenters. The van der Waals surface area contributed by atoms with Gasteiger partial charge in [0.2, 0.25) is 5.91 Å². The van der Waals surface area contributed by atoms with Gasteiger partial charge in [0, 0.05) is 53.6 Å². The highest BCUT2D eigenvalue weighted by molar-refractivity contribution is 6.35. The SMILES string of the molecule is Cc1[nH]c(/C=C2\C(=O)Nc3cc(NC(=O)Nc4cc(C(C)(C)C)on4)ccc32)c(C)c1NC(=O)CCC1CNCCO1. The summed E-state index contributed by atoms with van der Waals surface area (Å²) >= 11 is 0. The summed E-state index contributed by atoms with van der Waals surface area (Å²) in [4.78, 5) is 41.4. The van der Waals surface area contributed by atoms with Gasteiger partial charge in [0.1, 0.15) is 5.76 Å². The Hall–Kier alpha value is -4.42. The molecule has 0 saturated carbocycles. The van der Waals surface area contributed by atoms with E-state index in [2.05, 4.69) is 36.7 Å². The molecule has 0 aliphatic carbocycles. The molecule has 12 heteroatoms. The first kappa shape index (κ1) is 29.1. The molecule has 0 spiro atoms. The van der Waals surface area contributed by atoms with Gasteiger partial charge in [-0.15, -0.1) is 0 Å². The number of nitrogens with zero attached hydrogens (tertiary/aromatic N) is 1. The number of hydrogen-bond donors (Lipinski definition) is 6. The van der Waals surface area contributed by atoms with Crippen LogP contribution < -0.4 is 26.6 Å². The number of ether oxygens (including phenoxy) is 1. The molecule has 3 aromatic rings. The van der Waals surface area contributed by atoms with Gasteiger partial charge in [-0.3, -0.25) is 14.9 Å². The van der Waals surface area contributed by atoms with Crippen LogP contribution in [-0.4, -0.2) is 53.8 Å². The highest BCUT2D eigenvalue weighted by Gasteiger charge is 2.26. The predicted octanol–water partition coefficient (Wildman–Crippen LogP) is 4.76. The van der Waals surface area contributed by atoms with Crippen molar-refractivity contribution >= 4 is 52.4 Å². The van der Waals surface area contributed by atoms with Crippen molar-refractivity contribution in [2.24, 2.45) is 0 Å². The molecule has 42 heavy (non-hydrogen) atoms. The lowest BCUT2D eigenvalue weighted by Crippen LogP contribution is -2.38. The van der Waals surface area contributed by atoms with Gasteiger partial charge in [0.15, 0.2) is 5.82 Å². The van der Waals surface area contributed by atoms with Gasteiger partial charge >= 0.3 is 6.03 Å². The first-order valence-corrected chi connectivity index (χ1v) is 14.0. The first-order valence-electron chi connectivity index (χ1n) is 14.0. The van der Waals surface area contributed by atoms with Crippen LogP contribution in [0.25, 0.3) is 11.6 Å². The van der Waals surface area contributed by atoms with Crippen LogP contribution in [-0.2, 0) is 19.7 Å². The quantitative estimate of drug-likeness (QED) is 0.221. The van der Waals surface area contributed by atoms with Crippen LogP contribution in [0.3, 0.4) is 0 Å². The van der Waals surface area contributed by atoms with Crippen LogP contribution >= 0.6 is 0 Å². The summed E-state index contributed by atoms with van der Waals surface area (Å²) in [6, 6.07) is 6.39. The van der Waals surface area contributed by atoms with Gasteiger partial charge in [0.25, 0.3) is 5.91 Å². The van der Waals surface area contributed by atoms with E-state index in [4.69, 9.17) is 9.26 Å². The molecule has 0 radical (unpaired) electrons. The minimum Gasteiger partial charge on any atom is -0.376 e. The Kier molecular flexibility index (Phi) is 8.19. The molecule has 5 rings (SSSR count). The van der Waals surface area contributed by atoms with Crippen LogP contribution in [0.4, 0.5) is 27.7 Å². The van der Waals surface area contributed by atoms with Crippen molar-refractivity contribution < 1.29 is 23.6 Å². The van der Waals surface area contributed by atoms with E-state index >= 15 is 0 Å². The normalized spacial score (nSPS) is 17.6. The van der Waals surface area contributed by atoms with E-state index in [1.165, 1.54) is 0 Å². The number of hydrogen-bond acceptors (Lipinski definition) is 7. The minimum absolute atomic E-state index is 0.0411. The zero-order chi connectivity index (χ0) is 30.0. The number of morpholine rings is 1. The first-order chi connectivity index (χ1) is 20.0. The molecular formula is C30H37N7O5. The second-order valence-corrected chi connectivity index (χ2v) is 11.6. The van der Waals surface area contributed by atoms with Gasteiger partial charge in [-0.1, -0.05) is 32.0 Å². The Labute approximate surface area is 244 Å². The lowest BCUT2D eigenvalue weighted by atomic mass is 9.93. The molecule has 0 bridgehead atoms. The van der Waals surface area contributed by atoms with Crippen molar-refractivity contribution in [2.45, 2.75) is 59.0 Å². The lowest BCUT2D eigenvalue weighted by Gasteiger charge is -2.23. The van der Waals surface area contributed by atoms with Crippen LogP contribution in [0.1, 0.15) is 61.9 Å². The number of carbonyl (C=O) groups is 3. The molecule has 2 aliphatic heterocycles. The monoisotopic (exact) mass is 575 g/mol. The molecular weight excluding hydrogens is 538 g/mol. The molecule has 2 aromatic heterocycles. The number of anilines is 4. The fourth-order valence-electron chi connectivity index (χ4n) is 4.93. The fraction of sp³-hybridized carbons (Fsp3) is 0.400. The zero-order valence-corrected chi connectivity index (χ0v) is 24.5. The Morgan fingerprint density at radius 2 is 1.95 bits per heavy atom. The molecule has 1 atom stereocenters. The van der Waals surface area contributed by atoms with E-state index in [1.807, 2.05) is 34.6 Å². The number of urea groups is 1. The van der Waals surface area contributed by atoms with Gasteiger partial charge in [-0.2, -0.15) is 0 Å². The molecule has 1 fully saturated rings. The number of aromatic nitrogens is 2. The van der Waals surface area contributed by atoms with Crippen LogP contribution in [0, 0.1) is 13.8 Å². The third kappa shape index (κ3) is 6.55. The average molecular weight is 576 g/mol. The second kappa shape index (κ2) is 11.8. The maximum Gasteiger partial charge on any atom is 0.324 e. The summed E-state index contributed by atoms with van der Waals surface area (Å²) in [5.41, 5.74) is 5.09. The van der Waals surface area contributed by atoms with Gasteiger partial charge in [-0.25, -0.2) is 4.79 Å². The van der Waals surface area contributed by atoms with E-state index in [0.29, 0.717) is 59.2 Å². The molecule has 222 valence electrons. The van der Waals surface area contributed by atoms with Crippen LogP contribution in [0.2, 0.25) is 0 Å². The van der Waals surface area contributed by atoms with Crippen molar-refractivity contribution in [3.05, 3.63) is 52.5 Å². The maximum atomic E-state index is 12.9. The van der Waals surface area contributed by atoms with E-state index < -0.39 is 6.03 Å². The van der Waals surface area contributed by atoms with Gasteiger partial charge in [-0.05, 0) is 44.0 Å². The van der Waals surface area contributed by atoms with Crippen molar-refractivity contribution in [1.82, 2.24) is 15.5 Å². The number of benzene rings is 1. The standard InChI is InChI=1S/C30H37N7O5/c1-16-22(32-17(2)27(16)36-26(38)9-7-19-15-31-10-11-41-19)13-21-20-8-6-18(12-23(20)34-28(21)39)33-29(40)35-25-14-24(42-37-25)30(3,4)5/h6,8,12-14,19,31-32H,7,9-11,15H2,1-5H3,(H,34,39)(H,36,38)(H2,33,35,37,40)/b21-13-. The summed E-state index contributed by atoms with van der Waals surface area (Å²) in [7, 11) is 0. The van der Waals surface area contributed by atoms with E-state index in [0.717, 1.165) is 30.0 Å². The lowest BCUT2D eigenvalue weighted by molar-refractivity contribution is -0.117. The van der Waals surface area contributed by atoms with E-state index in [9.17, 15) is 14.4 Å². The number of H-pyrrole nitrogens is 1. The fourth-order valence-corrected chi connectivity index (χ4v) is 4.93. The van der Waals surface area contributed by atoms with Gasteiger partial charge < -0.3 is 35.5 Å². The Balaban J connectivity index is 1.25. The van der Waals surface area contributed by atoms with Crippen molar-refractivity contribution in [1.29, 1.82) is 0 Å². The Morgan fingerprint density at radius 1 is 1.14 bits per heavy atom. The summed E-state index contributed by atoms with van der Waals surface area (Å²) < 4.78 is 11.0. The molecule has 1 aromatic carbocycles. The van der Waals surface area contributed by atoms with Gasteiger partial charge in [0.05, 0.1) is 29.7 Å². The second-order valence-electron chi connectivity index (χ2n) is 11.6. The van der Waals surface area contributed by atoms with E-state index in [-0.39, 0.29) is 23.3 Å². The number of carbonyl (C=O) groups excluding carboxylic acids is 3. The van der Waals surface area contributed by atoms with Crippen LogP contribution in [0.5, 0.6) is 0 Å². The zero-order valence-electron chi connectivity index (χ0n) is 24.5. The summed E-state index contributed by atoms with van der Waals surface area (Å²) in [6.07, 6.45) is 2.82. The summed E-state index contributed by atoms with van der Waals surface area (Å²) in [6.45, 7) is 12.0. The largest absolute Gasteiger partial charge is 0.376 e. The predicted molar refractivity (Wildman–Crippen MR) is 162 cm³/mol.